The van der Waals surface area contributed by atoms with Crippen LogP contribution in [0.1, 0.15) is 17.5 Å². The van der Waals surface area contributed by atoms with Crippen molar-refractivity contribution in [3.05, 3.63) is 84.4 Å². The molecule has 0 radical (unpaired) electrons. The van der Waals surface area contributed by atoms with Crippen LogP contribution in [-0.4, -0.2) is 52.3 Å². The molecule has 0 aliphatic carbocycles. The van der Waals surface area contributed by atoms with Crippen LogP contribution in [0.2, 0.25) is 0 Å². The summed E-state index contributed by atoms with van der Waals surface area (Å²) >= 11 is 2.24. The molecule has 2 aliphatic heterocycles. The highest BCUT2D eigenvalue weighted by Gasteiger charge is 2.65. The molecule has 0 saturated carbocycles. The molecule has 0 amide bonds. The summed E-state index contributed by atoms with van der Waals surface area (Å²) < 4.78 is 25.8. The molecule has 2 aliphatic rings. The molecule has 6 heteroatoms. The lowest BCUT2D eigenvalue weighted by Crippen LogP contribution is -2.48. The lowest BCUT2D eigenvalue weighted by molar-refractivity contribution is -0.137. The van der Waals surface area contributed by atoms with Crippen molar-refractivity contribution in [3.8, 4) is 0 Å². The number of ether oxygens (including phenoxy) is 4. The molecule has 0 bridgehead atoms. The first-order valence-electron chi connectivity index (χ1n) is 10.6. The van der Waals surface area contributed by atoms with Crippen LogP contribution in [0.3, 0.4) is 0 Å². The molecular formula is C25H29IO5. The van der Waals surface area contributed by atoms with Gasteiger partial charge < -0.3 is 24.1 Å². The van der Waals surface area contributed by atoms with E-state index in [1.54, 1.807) is 6.08 Å². The summed E-state index contributed by atoms with van der Waals surface area (Å²) in [6.07, 6.45) is 0.173. The van der Waals surface area contributed by atoms with Gasteiger partial charge in [-0.25, -0.2) is 0 Å². The van der Waals surface area contributed by atoms with Crippen LogP contribution in [0, 0.1) is 0 Å². The standard InChI is InChI=1S/C25H29IO5/c1-2-13-25-23(27)20(14-26)30-24(25)22(29-16-19-11-7-4-8-12-19)21(31-25)17-28-15-18-9-5-3-6-10-18/h2-12,20-24,27H,1,13-17H2/t20-,21+,22+,23+,24-,25-/m0/s1. The maximum absolute atomic E-state index is 11.1. The summed E-state index contributed by atoms with van der Waals surface area (Å²) in [5.41, 5.74) is 1.32. The minimum atomic E-state index is -0.861. The van der Waals surface area contributed by atoms with E-state index < -0.39 is 11.7 Å². The van der Waals surface area contributed by atoms with Gasteiger partial charge in [0.1, 0.15) is 30.0 Å². The normalized spacial score (nSPS) is 32.1. The van der Waals surface area contributed by atoms with Gasteiger partial charge in [-0.15, -0.1) is 6.58 Å². The highest BCUT2D eigenvalue weighted by molar-refractivity contribution is 14.1. The minimum absolute atomic E-state index is 0.292. The van der Waals surface area contributed by atoms with E-state index in [2.05, 4.69) is 29.2 Å². The number of halogens is 1. The third-order valence-electron chi connectivity index (χ3n) is 5.99. The average Bonchev–Trinajstić information content (AvgIpc) is 3.24. The first-order chi connectivity index (χ1) is 15.2. The van der Waals surface area contributed by atoms with Gasteiger partial charge in [-0.05, 0) is 17.5 Å². The number of aliphatic hydroxyl groups is 1. The van der Waals surface area contributed by atoms with Gasteiger partial charge in [-0.3, -0.25) is 0 Å². The number of fused-ring (bicyclic) bond motifs is 1. The zero-order valence-electron chi connectivity index (χ0n) is 17.4. The van der Waals surface area contributed by atoms with Gasteiger partial charge in [0.15, 0.2) is 0 Å². The molecule has 0 aromatic heterocycles. The van der Waals surface area contributed by atoms with Crippen LogP contribution in [0.25, 0.3) is 0 Å². The maximum Gasteiger partial charge on any atom is 0.129 e. The Balaban J connectivity index is 1.50. The second-order valence-electron chi connectivity index (χ2n) is 8.06. The second kappa shape index (κ2) is 10.6. The van der Waals surface area contributed by atoms with E-state index in [1.165, 1.54) is 0 Å². The van der Waals surface area contributed by atoms with Gasteiger partial charge in [0.05, 0.1) is 25.9 Å². The van der Waals surface area contributed by atoms with Gasteiger partial charge in [0, 0.05) is 4.43 Å². The van der Waals surface area contributed by atoms with E-state index in [4.69, 9.17) is 18.9 Å². The molecule has 2 saturated heterocycles. The molecule has 6 atom stereocenters. The Morgan fingerprint density at radius 1 is 1.00 bits per heavy atom. The topological polar surface area (TPSA) is 57.2 Å². The van der Waals surface area contributed by atoms with Crippen molar-refractivity contribution in [2.45, 2.75) is 55.8 Å². The quantitative estimate of drug-likeness (QED) is 0.282. The van der Waals surface area contributed by atoms with Gasteiger partial charge in [-0.1, -0.05) is 89.3 Å². The third-order valence-corrected chi connectivity index (χ3v) is 6.85. The molecule has 2 heterocycles. The van der Waals surface area contributed by atoms with E-state index in [0.717, 1.165) is 11.1 Å². The van der Waals surface area contributed by atoms with Crippen LogP contribution in [0.4, 0.5) is 0 Å². The predicted octanol–water partition coefficient (Wildman–Crippen LogP) is 4.07. The van der Waals surface area contributed by atoms with Crippen LogP contribution in [-0.2, 0) is 32.2 Å². The number of alkyl halides is 1. The molecule has 166 valence electrons. The van der Waals surface area contributed by atoms with Crippen molar-refractivity contribution in [1.29, 1.82) is 0 Å². The Morgan fingerprint density at radius 3 is 2.26 bits per heavy atom. The fourth-order valence-corrected chi connectivity index (χ4v) is 5.18. The molecular weight excluding hydrogens is 507 g/mol. The first kappa shape index (κ1) is 22.9. The van der Waals surface area contributed by atoms with Gasteiger partial charge in [0.25, 0.3) is 0 Å². The van der Waals surface area contributed by atoms with Crippen molar-refractivity contribution < 1.29 is 24.1 Å². The van der Waals surface area contributed by atoms with E-state index in [9.17, 15) is 5.11 Å². The summed E-state index contributed by atoms with van der Waals surface area (Å²) in [6.45, 7) is 5.18. The van der Waals surface area contributed by atoms with E-state index in [-0.39, 0.29) is 24.4 Å². The van der Waals surface area contributed by atoms with E-state index in [1.807, 2.05) is 60.7 Å². The van der Waals surface area contributed by atoms with Gasteiger partial charge in [-0.2, -0.15) is 0 Å². The lowest BCUT2D eigenvalue weighted by Gasteiger charge is -2.30. The molecule has 0 unspecified atom stereocenters. The first-order valence-corrected chi connectivity index (χ1v) is 12.2. The number of hydrogen-bond acceptors (Lipinski definition) is 5. The fraction of sp³-hybridized carbons (Fsp3) is 0.440. The maximum atomic E-state index is 11.1. The van der Waals surface area contributed by atoms with Crippen LogP contribution < -0.4 is 0 Å². The van der Waals surface area contributed by atoms with Crippen molar-refractivity contribution in [3.63, 3.8) is 0 Å². The van der Waals surface area contributed by atoms with Crippen molar-refractivity contribution >= 4 is 22.6 Å². The number of benzene rings is 2. The predicted molar refractivity (Wildman–Crippen MR) is 127 cm³/mol. The van der Waals surface area contributed by atoms with E-state index >= 15 is 0 Å². The second-order valence-corrected chi connectivity index (χ2v) is 8.94. The summed E-state index contributed by atoms with van der Waals surface area (Å²) in [4.78, 5) is 0. The van der Waals surface area contributed by atoms with Crippen LogP contribution in [0.5, 0.6) is 0 Å². The number of rotatable bonds is 10. The third kappa shape index (κ3) is 4.89. The Hall–Kier alpha value is -1.29. The average molecular weight is 536 g/mol. The SMILES string of the molecule is C=CC[C@@]12O[C@H](COCc3ccccc3)[C@@H](OCc3ccccc3)[C@@H]1O[C@@H](CI)[C@H]2O. The Bertz CT molecular complexity index is 832. The van der Waals surface area contributed by atoms with Crippen LogP contribution in [0.15, 0.2) is 73.3 Å². The summed E-state index contributed by atoms with van der Waals surface area (Å²) in [5, 5.41) is 11.1. The molecule has 5 nitrogen and oxygen atoms in total. The van der Waals surface area contributed by atoms with Crippen molar-refractivity contribution in [2.75, 3.05) is 11.0 Å². The van der Waals surface area contributed by atoms with Crippen LogP contribution >= 0.6 is 22.6 Å². The Morgan fingerprint density at radius 2 is 1.65 bits per heavy atom. The fourth-order valence-electron chi connectivity index (χ4n) is 4.49. The van der Waals surface area contributed by atoms with Crippen molar-refractivity contribution in [2.24, 2.45) is 0 Å². The molecule has 0 spiro atoms. The highest BCUT2D eigenvalue weighted by atomic mass is 127. The molecule has 2 fully saturated rings. The monoisotopic (exact) mass is 536 g/mol. The smallest absolute Gasteiger partial charge is 0.129 e. The Kier molecular flexibility index (Phi) is 7.79. The molecule has 1 N–H and O–H groups in total. The van der Waals surface area contributed by atoms with Crippen molar-refractivity contribution in [1.82, 2.24) is 0 Å². The lowest BCUT2D eigenvalue weighted by atomic mass is 9.86. The molecule has 31 heavy (non-hydrogen) atoms. The van der Waals surface area contributed by atoms with Gasteiger partial charge >= 0.3 is 0 Å². The molecule has 4 rings (SSSR count). The summed E-state index contributed by atoms with van der Waals surface area (Å²) in [7, 11) is 0. The summed E-state index contributed by atoms with van der Waals surface area (Å²) in [6, 6.07) is 20.1. The number of hydrogen-bond donors (Lipinski definition) is 1. The van der Waals surface area contributed by atoms with Gasteiger partial charge in [0.2, 0.25) is 0 Å². The van der Waals surface area contributed by atoms with E-state index in [0.29, 0.717) is 30.7 Å². The largest absolute Gasteiger partial charge is 0.387 e. The zero-order valence-corrected chi connectivity index (χ0v) is 19.6. The molecule has 2 aromatic carbocycles. The highest BCUT2D eigenvalue weighted by Crippen LogP contribution is 2.47. The summed E-state index contributed by atoms with van der Waals surface area (Å²) in [5.74, 6) is 0. The number of aliphatic hydroxyl groups excluding tert-OH is 1. The zero-order chi connectivity index (χ0) is 21.7. The minimum Gasteiger partial charge on any atom is -0.387 e. The Labute approximate surface area is 197 Å². The molecule has 2 aromatic rings.